The highest BCUT2D eigenvalue weighted by Crippen LogP contribution is 2.20. The van der Waals surface area contributed by atoms with Crippen molar-refractivity contribution in [1.82, 2.24) is 14.8 Å². The predicted molar refractivity (Wildman–Crippen MR) is 62.9 cm³/mol. The number of carboxylic acid groups (broad SMARTS) is 1. The summed E-state index contributed by atoms with van der Waals surface area (Å²) in [7, 11) is 3.76. The van der Waals surface area contributed by atoms with Gasteiger partial charge in [-0.3, -0.25) is 9.36 Å². The lowest BCUT2D eigenvalue weighted by Gasteiger charge is -2.21. The number of rotatable bonds is 5. The van der Waals surface area contributed by atoms with Gasteiger partial charge in [-0.15, -0.1) is 10.2 Å². The monoisotopic (exact) mass is 244 g/mol. The summed E-state index contributed by atoms with van der Waals surface area (Å²) in [4.78, 5) is 12.4. The van der Waals surface area contributed by atoms with Crippen LogP contribution in [0.4, 0.5) is 5.95 Å². The molecule has 0 aliphatic rings. The molecule has 1 N–H and O–H groups in total. The Balaban J connectivity index is 2.80. The number of hydrogen-bond donors (Lipinski definition) is 1. The molecule has 16 heavy (non-hydrogen) atoms. The molecule has 0 aliphatic heterocycles. The molecule has 0 amide bonds. The lowest BCUT2D eigenvalue weighted by molar-refractivity contribution is -0.133. The standard InChI is InChI=1S/C9H16N4O2S/c1-6(2)12(3)8-10-11-9(13(8)4)16-5-7(14)15/h6H,5H2,1-4H3,(H,14,15). The quantitative estimate of drug-likeness (QED) is 0.774. The van der Waals surface area contributed by atoms with Crippen molar-refractivity contribution in [3.05, 3.63) is 0 Å². The Bertz CT molecular complexity index is 378. The number of aliphatic carboxylic acids is 1. The Morgan fingerprint density at radius 2 is 2.19 bits per heavy atom. The lowest BCUT2D eigenvalue weighted by Crippen LogP contribution is -2.28. The number of thioether (sulfide) groups is 1. The summed E-state index contributed by atoms with van der Waals surface area (Å²) in [5.41, 5.74) is 0. The van der Waals surface area contributed by atoms with E-state index in [9.17, 15) is 4.79 Å². The number of carboxylic acids is 1. The normalized spacial score (nSPS) is 10.8. The highest BCUT2D eigenvalue weighted by atomic mass is 32.2. The van der Waals surface area contributed by atoms with E-state index in [1.54, 1.807) is 4.57 Å². The first-order valence-electron chi connectivity index (χ1n) is 4.90. The average Bonchev–Trinajstić information content (AvgIpc) is 2.55. The highest BCUT2D eigenvalue weighted by Gasteiger charge is 2.15. The Labute approximate surface area is 98.7 Å². The first-order valence-corrected chi connectivity index (χ1v) is 5.89. The first kappa shape index (κ1) is 12.8. The number of hydrogen-bond acceptors (Lipinski definition) is 5. The fourth-order valence-corrected chi connectivity index (χ4v) is 1.72. The van der Waals surface area contributed by atoms with Gasteiger partial charge in [-0.1, -0.05) is 11.8 Å². The van der Waals surface area contributed by atoms with Gasteiger partial charge < -0.3 is 10.0 Å². The fraction of sp³-hybridized carbons (Fsp3) is 0.667. The summed E-state index contributed by atoms with van der Waals surface area (Å²) in [5, 5.41) is 17.2. The summed E-state index contributed by atoms with van der Waals surface area (Å²) in [6, 6.07) is 0.320. The zero-order valence-electron chi connectivity index (χ0n) is 9.84. The van der Waals surface area contributed by atoms with E-state index in [0.717, 1.165) is 5.95 Å². The molecular weight excluding hydrogens is 228 g/mol. The molecule has 0 bridgehead atoms. The molecule has 0 saturated carbocycles. The Morgan fingerprint density at radius 1 is 1.56 bits per heavy atom. The van der Waals surface area contributed by atoms with Crippen LogP contribution in [-0.4, -0.2) is 44.7 Å². The number of aromatic nitrogens is 3. The molecule has 0 aliphatic carbocycles. The Morgan fingerprint density at radius 3 is 2.69 bits per heavy atom. The van der Waals surface area contributed by atoms with Gasteiger partial charge in [0.25, 0.3) is 0 Å². The van der Waals surface area contributed by atoms with Gasteiger partial charge in [0.15, 0.2) is 5.16 Å². The fourth-order valence-electron chi connectivity index (χ4n) is 1.10. The van der Waals surface area contributed by atoms with Crippen molar-refractivity contribution >= 4 is 23.7 Å². The lowest BCUT2D eigenvalue weighted by atomic mass is 10.4. The smallest absolute Gasteiger partial charge is 0.313 e. The average molecular weight is 244 g/mol. The third-order valence-corrected chi connectivity index (χ3v) is 3.23. The molecule has 6 nitrogen and oxygen atoms in total. The van der Waals surface area contributed by atoms with Gasteiger partial charge in [-0.25, -0.2) is 0 Å². The zero-order chi connectivity index (χ0) is 12.3. The maximum atomic E-state index is 10.4. The van der Waals surface area contributed by atoms with Crippen molar-refractivity contribution in [3.8, 4) is 0 Å². The molecule has 1 aromatic heterocycles. The van der Waals surface area contributed by atoms with Crippen molar-refractivity contribution in [2.45, 2.75) is 25.0 Å². The summed E-state index contributed by atoms with van der Waals surface area (Å²) in [5.74, 6) is -0.119. The molecule has 7 heteroatoms. The minimum Gasteiger partial charge on any atom is -0.481 e. The second-order valence-electron chi connectivity index (χ2n) is 3.73. The number of anilines is 1. The van der Waals surface area contributed by atoms with Crippen LogP contribution in [0.25, 0.3) is 0 Å². The summed E-state index contributed by atoms with van der Waals surface area (Å²) >= 11 is 1.17. The molecule has 1 rings (SSSR count). The van der Waals surface area contributed by atoms with Gasteiger partial charge in [0.05, 0.1) is 5.75 Å². The van der Waals surface area contributed by atoms with Crippen molar-refractivity contribution < 1.29 is 9.90 Å². The largest absolute Gasteiger partial charge is 0.481 e. The molecule has 0 atom stereocenters. The minimum absolute atomic E-state index is 0.00261. The van der Waals surface area contributed by atoms with E-state index >= 15 is 0 Å². The van der Waals surface area contributed by atoms with Crippen molar-refractivity contribution in [3.63, 3.8) is 0 Å². The molecule has 0 fully saturated rings. The van der Waals surface area contributed by atoms with Crippen LogP contribution in [0.3, 0.4) is 0 Å². The Hall–Kier alpha value is -1.24. The van der Waals surface area contributed by atoms with Gasteiger partial charge in [-0.2, -0.15) is 0 Å². The Kier molecular flexibility index (Phi) is 4.17. The molecular formula is C9H16N4O2S. The molecule has 90 valence electrons. The maximum Gasteiger partial charge on any atom is 0.313 e. The molecule has 0 unspecified atom stereocenters. The second kappa shape index (κ2) is 5.20. The van der Waals surface area contributed by atoms with Crippen LogP contribution in [0.2, 0.25) is 0 Å². The van der Waals surface area contributed by atoms with E-state index < -0.39 is 5.97 Å². The van der Waals surface area contributed by atoms with E-state index in [2.05, 4.69) is 24.0 Å². The predicted octanol–water partition coefficient (Wildman–Crippen LogP) is 0.836. The van der Waals surface area contributed by atoms with Crippen molar-refractivity contribution in [2.24, 2.45) is 7.05 Å². The summed E-state index contributed by atoms with van der Waals surface area (Å²) < 4.78 is 1.80. The van der Waals surface area contributed by atoms with E-state index in [1.165, 1.54) is 11.8 Å². The SMILES string of the molecule is CC(C)N(C)c1nnc(SCC(=O)O)n1C. The number of carbonyl (C=O) groups is 1. The summed E-state index contributed by atoms with van der Waals surface area (Å²) in [6.45, 7) is 4.11. The third kappa shape index (κ3) is 2.88. The first-order chi connectivity index (χ1) is 7.43. The molecule has 1 aromatic rings. The summed E-state index contributed by atoms with van der Waals surface area (Å²) in [6.07, 6.45) is 0. The second-order valence-corrected chi connectivity index (χ2v) is 4.67. The van der Waals surface area contributed by atoms with Gasteiger partial charge in [0.2, 0.25) is 5.95 Å². The van der Waals surface area contributed by atoms with Crippen LogP contribution in [0.1, 0.15) is 13.8 Å². The van der Waals surface area contributed by atoms with E-state index in [1.807, 2.05) is 19.0 Å². The van der Waals surface area contributed by atoms with Crippen LogP contribution in [0.15, 0.2) is 5.16 Å². The zero-order valence-corrected chi connectivity index (χ0v) is 10.7. The topological polar surface area (TPSA) is 71.2 Å². The molecule has 1 heterocycles. The van der Waals surface area contributed by atoms with Crippen LogP contribution < -0.4 is 4.90 Å². The van der Waals surface area contributed by atoms with Gasteiger partial charge in [0, 0.05) is 20.1 Å². The van der Waals surface area contributed by atoms with Crippen LogP contribution in [0.5, 0.6) is 0 Å². The maximum absolute atomic E-state index is 10.4. The van der Waals surface area contributed by atoms with Crippen LogP contribution >= 0.6 is 11.8 Å². The van der Waals surface area contributed by atoms with E-state index in [-0.39, 0.29) is 5.75 Å². The number of nitrogens with zero attached hydrogens (tertiary/aromatic N) is 4. The van der Waals surface area contributed by atoms with Crippen LogP contribution in [-0.2, 0) is 11.8 Å². The van der Waals surface area contributed by atoms with Crippen molar-refractivity contribution in [2.75, 3.05) is 17.7 Å². The van der Waals surface area contributed by atoms with E-state index in [0.29, 0.717) is 11.2 Å². The molecule has 0 aromatic carbocycles. The van der Waals surface area contributed by atoms with Gasteiger partial charge >= 0.3 is 5.97 Å². The van der Waals surface area contributed by atoms with Gasteiger partial charge in [-0.05, 0) is 13.8 Å². The van der Waals surface area contributed by atoms with E-state index in [4.69, 9.17) is 5.11 Å². The van der Waals surface area contributed by atoms with Crippen LogP contribution in [0, 0.1) is 0 Å². The third-order valence-electron chi connectivity index (χ3n) is 2.23. The molecule has 0 spiro atoms. The van der Waals surface area contributed by atoms with Crippen molar-refractivity contribution in [1.29, 1.82) is 0 Å². The van der Waals surface area contributed by atoms with Gasteiger partial charge in [0.1, 0.15) is 0 Å². The highest BCUT2D eigenvalue weighted by molar-refractivity contribution is 7.99. The minimum atomic E-state index is -0.855. The molecule has 0 saturated heterocycles. The molecule has 0 radical (unpaired) electrons.